The van der Waals surface area contributed by atoms with Crippen LogP contribution < -0.4 is 5.32 Å². The second-order valence-electron chi connectivity index (χ2n) is 3.22. The van der Waals surface area contributed by atoms with Gasteiger partial charge in [0.1, 0.15) is 0 Å². The van der Waals surface area contributed by atoms with Gasteiger partial charge < -0.3 is 5.32 Å². The van der Waals surface area contributed by atoms with Crippen molar-refractivity contribution in [1.29, 1.82) is 0 Å². The van der Waals surface area contributed by atoms with Crippen LogP contribution in [0.1, 0.15) is 39.0 Å². The predicted octanol–water partition coefficient (Wildman–Crippen LogP) is 1.66. The minimum Gasteiger partial charge on any atom is -0.356 e. The van der Waals surface area contributed by atoms with Gasteiger partial charge in [-0.05, 0) is 18.8 Å². The minimum absolute atomic E-state index is 0.0862. The van der Waals surface area contributed by atoms with Gasteiger partial charge in [0.15, 0.2) is 0 Å². The first kappa shape index (κ1) is 8.57. The summed E-state index contributed by atoms with van der Waals surface area (Å²) in [6.07, 6.45) is 6.44. The van der Waals surface area contributed by atoms with E-state index in [1.54, 1.807) is 6.92 Å². The van der Waals surface area contributed by atoms with E-state index in [1.807, 2.05) is 0 Å². The molecular formula is C9H16NO. The molecule has 0 saturated heterocycles. The summed E-state index contributed by atoms with van der Waals surface area (Å²) in [5.74, 6) is 1.61. The number of hydrogen-bond donors (Lipinski definition) is 1. The Bertz CT molecular complexity index is 128. The first-order chi connectivity index (χ1) is 5.29. The Labute approximate surface area is 68.4 Å². The summed E-state index contributed by atoms with van der Waals surface area (Å²) >= 11 is 0. The topological polar surface area (TPSA) is 29.1 Å². The smallest absolute Gasteiger partial charge is 0.216 e. The van der Waals surface area contributed by atoms with Crippen molar-refractivity contribution in [2.75, 3.05) is 6.54 Å². The van der Waals surface area contributed by atoms with Crippen LogP contribution in [0.25, 0.3) is 0 Å². The third-order valence-corrected chi connectivity index (χ3v) is 2.15. The van der Waals surface area contributed by atoms with Crippen molar-refractivity contribution in [3.05, 3.63) is 5.92 Å². The second-order valence-corrected chi connectivity index (χ2v) is 3.22. The lowest BCUT2D eigenvalue weighted by Crippen LogP contribution is -2.26. The van der Waals surface area contributed by atoms with E-state index < -0.39 is 0 Å². The summed E-state index contributed by atoms with van der Waals surface area (Å²) in [5, 5.41) is 2.84. The largest absolute Gasteiger partial charge is 0.356 e. The quantitative estimate of drug-likeness (QED) is 0.644. The van der Waals surface area contributed by atoms with Gasteiger partial charge in [-0.25, -0.2) is 0 Å². The molecule has 0 spiro atoms. The molecule has 63 valence electrons. The number of hydrogen-bond acceptors (Lipinski definition) is 1. The Hall–Kier alpha value is -0.530. The molecule has 1 aliphatic rings. The molecule has 1 saturated carbocycles. The average Bonchev–Trinajstić information content (AvgIpc) is 2.03. The Kier molecular flexibility index (Phi) is 3.40. The van der Waals surface area contributed by atoms with E-state index >= 15 is 0 Å². The van der Waals surface area contributed by atoms with Crippen LogP contribution >= 0.6 is 0 Å². The molecule has 1 radical (unpaired) electrons. The molecule has 1 aliphatic carbocycles. The Morgan fingerprint density at radius 1 is 1.36 bits per heavy atom. The van der Waals surface area contributed by atoms with Gasteiger partial charge in [0.05, 0.1) is 0 Å². The van der Waals surface area contributed by atoms with Gasteiger partial charge >= 0.3 is 0 Å². The normalized spacial score (nSPS) is 19.7. The molecule has 0 aromatic heterocycles. The Morgan fingerprint density at radius 3 is 2.55 bits per heavy atom. The summed E-state index contributed by atoms with van der Waals surface area (Å²) in [7, 11) is 0. The van der Waals surface area contributed by atoms with Gasteiger partial charge in [0.2, 0.25) is 5.91 Å². The standard InChI is InChI=1S/C9H16NO/c1-8(11)10-7-9-5-3-2-4-6-9/h2-7H2,1H3,(H,10,11). The molecule has 1 amide bonds. The van der Waals surface area contributed by atoms with Gasteiger partial charge in [0.25, 0.3) is 0 Å². The highest BCUT2D eigenvalue weighted by molar-refractivity contribution is 5.72. The summed E-state index contributed by atoms with van der Waals surface area (Å²) in [4.78, 5) is 10.6. The van der Waals surface area contributed by atoms with Crippen molar-refractivity contribution >= 4 is 5.91 Å². The van der Waals surface area contributed by atoms with E-state index in [0.29, 0.717) is 0 Å². The van der Waals surface area contributed by atoms with Gasteiger partial charge in [0, 0.05) is 13.5 Å². The van der Waals surface area contributed by atoms with E-state index in [2.05, 4.69) is 5.32 Å². The van der Waals surface area contributed by atoms with Crippen LogP contribution in [0, 0.1) is 5.92 Å². The van der Waals surface area contributed by atoms with E-state index in [1.165, 1.54) is 38.0 Å². The van der Waals surface area contributed by atoms with Crippen molar-refractivity contribution in [1.82, 2.24) is 5.32 Å². The number of rotatable bonds is 2. The number of nitrogens with one attached hydrogen (secondary N) is 1. The third-order valence-electron chi connectivity index (χ3n) is 2.15. The molecule has 0 unspecified atom stereocenters. The fourth-order valence-electron chi connectivity index (χ4n) is 1.48. The highest BCUT2D eigenvalue weighted by atomic mass is 16.1. The van der Waals surface area contributed by atoms with Crippen molar-refractivity contribution < 1.29 is 4.79 Å². The fraction of sp³-hybridized carbons (Fsp3) is 0.778. The van der Waals surface area contributed by atoms with Crippen LogP contribution in [0.3, 0.4) is 0 Å². The first-order valence-corrected chi connectivity index (χ1v) is 4.37. The molecule has 0 aliphatic heterocycles. The zero-order chi connectivity index (χ0) is 8.10. The van der Waals surface area contributed by atoms with Crippen molar-refractivity contribution in [2.45, 2.75) is 39.0 Å². The molecule has 2 heteroatoms. The summed E-state index contributed by atoms with van der Waals surface area (Å²) < 4.78 is 0. The molecule has 1 rings (SSSR count). The van der Waals surface area contributed by atoms with E-state index in [9.17, 15) is 4.79 Å². The molecule has 0 aromatic carbocycles. The highest BCUT2D eigenvalue weighted by Crippen LogP contribution is 2.24. The molecule has 2 nitrogen and oxygen atoms in total. The molecule has 0 heterocycles. The van der Waals surface area contributed by atoms with Gasteiger partial charge in [-0.15, -0.1) is 0 Å². The lowest BCUT2D eigenvalue weighted by atomic mass is 9.89. The molecule has 0 bridgehead atoms. The number of carbonyl (C=O) groups excluding carboxylic acids is 1. The maximum atomic E-state index is 10.6. The van der Waals surface area contributed by atoms with Crippen LogP contribution in [-0.4, -0.2) is 12.5 Å². The summed E-state index contributed by atoms with van der Waals surface area (Å²) in [5.41, 5.74) is 0. The fourth-order valence-corrected chi connectivity index (χ4v) is 1.48. The van der Waals surface area contributed by atoms with Crippen molar-refractivity contribution in [3.63, 3.8) is 0 Å². The number of carbonyl (C=O) groups is 1. The first-order valence-electron chi connectivity index (χ1n) is 4.37. The molecule has 11 heavy (non-hydrogen) atoms. The van der Waals surface area contributed by atoms with Crippen LogP contribution in [0.5, 0.6) is 0 Å². The monoisotopic (exact) mass is 154 g/mol. The number of amides is 1. The molecular weight excluding hydrogens is 138 g/mol. The molecule has 0 aromatic rings. The van der Waals surface area contributed by atoms with E-state index in [4.69, 9.17) is 0 Å². The Morgan fingerprint density at radius 2 is 2.00 bits per heavy atom. The van der Waals surface area contributed by atoms with Crippen LogP contribution in [-0.2, 0) is 4.79 Å². The maximum Gasteiger partial charge on any atom is 0.216 e. The van der Waals surface area contributed by atoms with Crippen LogP contribution in [0.4, 0.5) is 0 Å². The average molecular weight is 154 g/mol. The summed E-state index contributed by atoms with van der Waals surface area (Å²) in [6, 6.07) is 0. The zero-order valence-electron chi connectivity index (χ0n) is 7.15. The maximum absolute atomic E-state index is 10.6. The Balaban J connectivity index is 2.09. The second kappa shape index (κ2) is 4.37. The molecule has 1 fully saturated rings. The minimum atomic E-state index is 0.0862. The van der Waals surface area contributed by atoms with E-state index in [0.717, 1.165) is 6.54 Å². The highest BCUT2D eigenvalue weighted by Gasteiger charge is 2.13. The van der Waals surface area contributed by atoms with Gasteiger partial charge in [-0.1, -0.05) is 19.3 Å². The molecule has 0 atom stereocenters. The lowest BCUT2D eigenvalue weighted by molar-refractivity contribution is -0.118. The van der Waals surface area contributed by atoms with E-state index in [-0.39, 0.29) is 5.91 Å². The SMILES string of the molecule is CC(=O)NC[C]1CCCCC1. The van der Waals surface area contributed by atoms with Crippen LogP contribution in [0.2, 0.25) is 0 Å². The summed E-state index contributed by atoms with van der Waals surface area (Å²) in [6.45, 7) is 2.39. The van der Waals surface area contributed by atoms with Gasteiger partial charge in [-0.2, -0.15) is 0 Å². The molecule has 1 N–H and O–H groups in total. The third kappa shape index (κ3) is 3.40. The van der Waals surface area contributed by atoms with Gasteiger partial charge in [-0.3, -0.25) is 4.79 Å². The van der Waals surface area contributed by atoms with Crippen molar-refractivity contribution in [2.24, 2.45) is 0 Å². The predicted molar refractivity (Wildman–Crippen MR) is 45.0 cm³/mol. The lowest BCUT2D eigenvalue weighted by Gasteiger charge is -2.20. The van der Waals surface area contributed by atoms with Crippen molar-refractivity contribution in [3.8, 4) is 0 Å². The van der Waals surface area contributed by atoms with Crippen LogP contribution in [0.15, 0.2) is 0 Å². The zero-order valence-corrected chi connectivity index (χ0v) is 7.15.